The van der Waals surface area contributed by atoms with Crippen molar-refractivity contribution in [3.8, 4) is 0 Å². The number of aliphatic imine (C=N–C) groups is 1. The van der Waals surface area contributed by atoms with Gasteiger partial charge >= 0.3 is 0 Å². The number of amidine groups is 1. The molecule has 1 aromatic carbocycles. The van der Waals surface area contributed by atoms with E-state index in [1.807, 2.05) is 0 Å². The number of rotatable bonds is 3. The van der Waals surface area contributed by atoms with Gasteiger partial charge in [0.05, 0.1) is 9.77 Å². The summed E-state index contributed by atoms with van der Waals surface area (Å²) in [5, 5.41) is 3.10. The van der Waals surface area contributed by atoms with Crippen molar-refractivity contribution in [3.63, 3.8) is 0 Å². The highest BCUT2D eigenvalue weighted by Crippen LogP contribution is 2.58. The second-order valence-electron chi connectivity index (χ2n) is 9.00. The average molecular weight is 479 g/mol. The second-order valence-corrected chi connectivity index (χ2v) is 12.2. The molecule has 1 fully saturated rings. The third kappa shape index (κ3) is 2.83. The summed E-state index contributed by atoms with van der Waals surface area (Å²) in [5.74, 6) is -1.15. The third-order valence-electron chi connectivity index (χ3n) is 7.19. The fourth-order valence-corrected chi connectivity index (χ4v) is 7.73. The lowest BCUT2D eigenvalue weighted by atomic mass is 9.78. The van der Waals surface area contributed by atoms with Crippen molar-refractivity contribution >= 4 is 38.9 Å². The Morgan fingerprint density at radius 1 is 1.22 bits per heavy atom. The zero-order chi connectivity index (χ0) is 23.7. The van der Waals surface area contributed by atoms with Crippen LogP contribution in [0.15, 0.2) is 35.5 Å². The second kappa shape index (κ2) is 6.99. The van der Waals surface area contributed by atoms with Crippen LogP contribution in [-0.4, -0.2) is 34.6 Å². The Labute approximate surface area is 191 Å². The van der Waals surface area contributed by atoms with Crippen molar-refractivity contribution in [3.05, 3.63) is 58.1 Å². The van der Waals surface area contributed by atoms with Crippen LogP contribution >= 0.6 is 11.6 Å². The number of amides is 1. The van der Waals surface area contributed by atoms with Gasteiger partial charge in [-0.1, -0.05) is 11.6 Å². The van der Waals surface area contributed by atoms with Crippen LogP contribution in [0.1, 0.15) is 55.2 Å². The summed E-state index contributed by atoms with van der Waals surface area (Å²) in [6.45, 7) is 6.44. The van der Waals surface area contributed by atoms with Crippen molar-refractivity contribution in [2.45, 2.75) is 55.6 Å². The molecule has 4 rings (SSSR count). The lowest BCUT2D eigenvalue weighted by molar-refractivity contribution is 0.102. The summed E-state index contributed by atoms with van der Waals surface area (Å²) in [6.07, 6.45) is 1.97. The van der Waals surface area contributed by atoms with Gasteiger partial charge in [-0.25, -0.2) is 17.8 Å². The zero-order valence-corrected chi connectivity index (χ0v) is 19.7. The van der Waals surface area contributed by atoms with Crippen LogP contribution in [0.25, 0.3) is 0 Å². The van der Waals surface area contributed by atoms with Gasteiger partial charge in [0.2, 0.25) is 0 Å². The molecule has 0 saturated carbocycles. The van der Waals surface area contributed by atoms with E-state index < -0.39 is 36.6 Å². The number of nitrogens with one attached hydrogen (secondary N) is 1. The highest BCUT2D eigenvalue weighted by Gasteiger charge is 2.70. The van der Waals surface area contributed by atoms with Gasteiger partial charge in [0.1, 0.15) is 27.6 Å². The first-order valence-electron chi connectivity index (χ1n) is 10.1. The Balaban J connectivity index is 1.79. The monoisotopic (exact) mass is 478 g/mol. The number of pyridine rings is 1. The number of aromatic nitrogens is 1. The molecule has 1 saturated heterocycles. The Hall–Kier alpha value is -2.52. The summed E-state index contributed by atoms with van der Waals surface area (Å²) in [5.41, 5.74) is 5.75. The lowest BCUT2D eigenvalue weighted by Gasteiger charge is -2.46. The van der Waals surface area contributed by atoms with Gasteiger partial charge in [0.25, 0.3) is 5.91 Å². The standard InChI is InChI=1S/C22H24ClFN4O3S/c1-12-9-13(23)11-26-17(12)18(29)27-14-5-6-16(24)15(10-14)22(4)21(3)8-7-20(2,19(25)28-22)32(21,30)31/h5-6,9-11H,7-8H2,1-4H3,(H2,25,28)(H,27,29). The molecule has 1 aromatic heterocycles. The molecule has 3 N–H and O–H groups in total. The molecule has 3 heterocycles. The van der Waals surface area contributed by atoms with Crippen LogP contribution in [-0.2, 0) is 15.4 Å². The number of halogens is 2. The number of carbonyl (C=O) groups is 1. The molecule has 0 spiro atoms. The van der Waals surface area contributed by atoms with Crippen LogP contribution in [0.2, 0.25) is 5.02 Å². The Morgan fingerprint density at radius 2 is 1.91 bits per heavy atom. The maximum atomic E-state index is 15.1. The van der Waals surface area contributed by atoms with Gasteiger partial charge < -0.3 is 11.1 Å². The van der Waals surface area contributed by atoms with E-state index in [0.717, 1.165) is 0 Å². The smallest absolute Gasteiger partial charge is 0.274 e. The zero-order valence-electron chi connectivity index (χ0n) is 18.2. The van der Waals surface area contributed by atoms with Gasteiger partial charge in [-0.05, 0) is 70.4 Å². The molecule has 0 aliphatic carbocycles. The van der Waals surface area contributed by atoms with E-state index in [1.165, 1.54) is 24.4 Å². The van der Waals surface area contributed by atoms with E-state index in [0.29, 0.717) is 17.0 Å². The average Bonchev–Trinajstić information content (AvgIpc) is 2.85. The molecule has 1 amide bonds. The fraction of sp³-hybridized carbons (Fsp3) is 0.409. The topological polar surface area (TPSA) is 115 Å². The maximum Gasteiger partial charge on any atom is 0.274 e. The quantitative estimate of drug-likeness (QED) is 0.697. The normalized spacial score (nSPS) is 30.6. The van der Waals surface area contributed by atoms with Gasteiger partial charge in [-0.2, -0.15) is 0 Å². The molecular formula is C22H24ClFN4O3S. The molecule has 0 radical (unpaired) electrons. The third-order valence-corrected chi connectivity index (χ3v) is 10.8. The molecule has 3 atom stereocenters. The number of hydrogen-bond donors (Lipinski definition) is 2. The summed E-state index contributed by atoms with van der Waals surface area (Å²) in [6, 6.07) is 5.61. The van der Waals surface area contributed by atoms with Gasteiger partial charge in [-0.3, -0.25) is 9.79 Å². The van der Waals surface area contributed by atoms with E-state index in [9.17, 15) is 13.2 Å². The van der Waals surface area contributed by atoms with Crippen LogP contribution in [0.4, 0.5) is 10.1 Å². The predicted octanol–water partition coefficient (Wildman–Crippen LogP) is 3.75. The number of nitrogens with zero attached hydrogens (tertiary/aromatic N) is 2. The largest absolute Gasteiger partial charge is 0.386 e. The highest BCUT2D eigenvalue weighted by atomic mass is 35.5. The first-order chi connectivity index (χ1) is 14.8. The summed E-state index contributed by atoms with van der Waals surface area (Å²) in [7, 11) is -3.77. The molecule has 7 nitrogen and oxygen atoms in total. The molecular weight excluding hydrogens is 455 g/mol. The number of fused-ring (bicyclic) bond motifs is 2. The molecule has 2 bridgehead atoms. The van der Waals surface area contributed by atoms with Gasteiger partial charge in [0.15, 0.2) is 9.84 Å². The van der Waals surface area contributed by atoms with E-state index in [1.54, 1.807) is 33.8 Å². The minimum absolute atomic E-state index is 0.0233. The van der Waals surface area contributed by atoms with E-state index in [4.69, 9.17) is 17.3 Å². The van der Waals surface area contributed by atoms with E-state index in [-0.39, 0.29) is 29.2 Å². The van der Waals surface area contributed by atoms with E-state index in [2.05, 4.69) is 15.3 Å². The van der Waals surface area contributed by atoms with Crippen molar-refractivity contribution in [1.29, 1.82) is 0 Å². The van der Waals surface area contributed by atoms with Crippen LogP contribution in [0, 0.1) is 12.7 Å². The highest BCUT2D eigenvalue weighted by molar-refractivity contribution is 7.95. The number of anilines is 1. The van der Waals surface area contributed by atoms with Crippen LogP contribution in [0.3, 0.4) is 0 Å². The minimum atomic E-state index is -3.77. The molecule has 32 heavy (non-hydrogen) atoms. The summed E-state index contributed by atoms with van der Waals surface area (Å²) >= 11 is 5.90. The summed E-state index contributed by atoms with van der Waals surface area (Å²) in [4.78, 5) is 21.3. The Morgan fingerprint density at radius 3 is 2.56 bits per heavy atom. The molecule has 2 aliphatic heterocycles. The first-order valence-corrected chi connectivity index (χ1v) is 12.0. The SMILES string of the molecule is Cc1cc(Cl)cnc1C(=O)Nc1ccc(F)c(C2(C)N=C(N)C3(C)CCC2(C)S3(=O)=O)c1. The number of sulfone groups is 1. The molecule has 10 heteroatoms. The lowest BCUT2D eigenvalue weighted by Crippen LogP contribution is -2.61. The first kappa shape index (κ1) is 22.7. The number of benzene rings is 1. The van der Waals surface area contributed by atoms with Gasteiger partial charge in [-0.15, -0.1) is 0 Å². The number of nitrogens with two attached hydrogens (primary N) is 1. The molecule has 3 unspecified atom stereocenters. The number of carbonyl (C=O) groups excluding carboxylic acids is 1. The molecule has 2 aliphatic rings. The Bertz CT molecular complexity index is 1300. The molecule has 2 aromatic rings. The van der Waals surface area contributed by atoms with Crippen molar-refractivity contribution in [1.82, 2.24) is 4.98 Å². The minimum Gasteiger partial charge on any atom is -0.386 e. The Kier molecular flexibility index (Phi) is 4.95. The number of hydrogen-bond acceptors (Lipinski definition) is 6. The van der Waals surface area contributed by atoms with Crippen LogP contribution in [0.5, 0.6) is 0 Å². The maximum absolute atomic E-state index is 15.1. The summed E-state index contributed by atoms with van der Waals surface area (Å²) < 4.78 is 39.4. The number of aryl methyl sites for hydroxylation is 1. The predicted molar refractivity (Wildman–Crippen MR) is 122 cm³/mol. The van der Waals surface area contributed by atoms with Crippen molar-refractivity contribution in [2.24, 2.45) is 10.7 Å². The van der Waals surface area contributed by atoms with E-state index >= 15 is 4.39 Å². The van der Waals surface area contributed by atoms with Gasteiger partial charge in [0, 0.05) is 17.4 Å². The molecule has 170 valence electrons. The van der Waals surface area contributed by atoms with Crippen LogP contribution < -0.4 is 11.1 Å². The fourth-order valence-electron chi connectivity index (χ4n) is 4.78. The van der Waals surface area contributed by atoms with Crippen molar-refractivity contribution < 1.29 is 17.6 Å². The van der Waals surface area contributed by atoms with Crippen molar-refractivity contribution in [2.75, 3.05) is 5.32 Å².